The van der Waals surface area contributed by atoms with Gasteiger partial charge in [0.2, 0.25) is 17.7 Å². The van der Waals surface area contributed by atoms with E-state index in [-0.39, 0.29) is 22.8 Å². The van der Waals surface area contributed by atoms with Crippen molar-refractivity contribution < 1.29 is 9.90 Å². The van der Waals surface area contributed by atoms with Crippen molar-refractivity contribution in [2.24, 2.45) is 0 Å². The standard InChI is InChI=1S/C16H13N5O3S/c22-12-9-14(24)21(11-5-2-1-3-6-11)16(20-12)25-10-13(23)19-15-17-7-4-8-18-15/h1-9,22H,10H2,(H,17,18,19,23). The molecule has 0 spiro atoms. The summed E-state index contributed by atoms with van der Waals surface area (Å²) in [7, 11) is 0. The molecule has 0 bridgehead atoms. The molecular formula is C16H13N5O3S. The molecule has 3 aromatic rings. The van der Waals surface area contributed by atoms with Gasteiger partial charge in [0.15, 0.2) is 5.16 Å². The summed E-state index contributed by atoms with van der Waals surface area (Å²) in [6, 6.07) is 11.5. The Morgan fingerprint density at radius 2 is 1.88 bits per heavy atom. The molecule has 0 aliphatic heterocycles. The Morgan fingerprint density at radius 3 is 2.60 bits per heavy atom. The minimum absolute atomic E-state index is 0.0268. The van der Waals surface area contributed by atoms with Crippen molar-refractivity contribution in [2.75, 3.05) is 11.1 Å². The number of thioether (sulfide) groups is 1. The zero-order valence-electron chi connectivity index (χ0n) is 12.9. The molecule has 1 amide bonds. The third kappa shape index (κ3) is 4.21. The van der Waals surface area contributed by atoms with Crippen molar-refractivity contribution in [1.82, 2.24) is 19.5 Å². The number of hydrogen-bond acceptors (Lipinski definition) is 7. The van der Waals surface area contributed by atoms with Crippen LogP contribution in [-0.4, -0.2) is 36.3 Å². The zero-order chi connectivity index (χ0) is 17.6. The summed E-state index contributed by atoms with van der Waals surface area (Å²) in [5.74, 6) is -0.585. The Bertz CT molecular complexity index is 932. The summed E-state index contributed by atoms with van der Waals surface area (Å²) in [5.41, 5.74) is 0.155. The maximum atomic E-state index is 12.2. The number of benzene rings is 1. The number of nitrogens with zero attached hydrogens (tertiary/aromatic N) is 4. The molecule has 0 saturated heterocycles. The van der Waals surface area contributed by atoms with Crippen molar-refractivity contribution in [3.8, 4) is 11.6 Å². The molecule has 0 aliphatic carbocycles. The van der Waals surface area contributed by atoms with Crippen LogP contribution in [0.4, 0.5) is 5.95 Å². The van der Waals surface area contributed by atoms with Gasteiger partial charge in [-0.2, -0.15) is 4.98 Å². The number of aromatic hydroxyl groups is 1. The molecule has 2 aromatic heterocycles. The largest absolute Gasteiger partial charge is 0.493 e. The third-order valence-corrected chi connectivity index (χ3v) is 3.98. The molecule has 0 atom stereocenters. The number of amides is 1. The Morgan fingerprint density at radius 1 is 1.16 bits per heavy atom. The van der Waals surface area contributed by atoms with Crippen LogP contribution in [0.1, 0.15) is 0 Å². The van der Waals surface area contributed by atoms with Gasteiger partial charge in [0.05, 0.1) is 17.5 Å². The highest BCUT2D eigenvalue weighted by molar-refractivity contribution is 7.99. The molecule has 0 saturated carbocycles. The molecular weight excluding hydrogens is 342 g/mol. The average Bonchev–Trinajstić information content (AvgIpc) is 2.61. The molecule has 3 rings (SSSR count). The van der Waals surface area contributed by atoms with E-state index in [4.69, 9.17) is 0 Å². The van der Waals surface area contributed by atoms with Crippen LogP contribution in [0.5, 0.6) is 5.88 Å². The van der Waals surface area contributed by atoms with E-state index in [1.807, 2.05) is 6.07 Å². The van der Waals surface area contributed by atoms with Gasteiger partial charge in [0.25, 0.3) is 5.56 Å². The van der Waals surface area contributed by atoms with Gasteiger partial charge in [-0.25, -0.2) is 9.97 Å². The van der Waals surface area contributed by atoms with E-state index in [0.29, 0.717) is 5.69 Å². The maximum Gasteiger partial charge on any atom is 0.262 e. The Hall–Kier alpha value is -3.20. The van der Waals surface area contributed by atoms with Crippen molar-refractivity contribution >= 4 is 23.6 Å². The molecule has 0 radical (unpaired) electrons. The van der Waals surface area contributed by atoms with Crippen molar-refractivity contribution in [2.45, 2.75) is 5.16 Å². The monoisotopic (exact) mass is 355 g/mol. The second-order valence-electron chi connectivity index (χ2n) is 4.82. The van der Waals surface area contributed by atoms with Gasteiger partial charge in [-0.05, 0) is 18.2 Å². The van der Waals surface area contributed by atoms with E-state index in [2.05, 4.69) is 20.3 Å². The summed E-state index contributed by atoms with van der Waals surface area (Å²) in [6.45, 7) is 0. The van der Waals surface area contributed by atoms with E-state index >= 15 is 0 Å². The van der Waals surface area contributed by atoms with Gasteiger partial charge in [-0.3, -0.25) is 19.5 Å². The first-order valence-electron chi connectivity index (χ1n) is 7.21. The van der Waals surface area contributed by atoms with Gasteiger partial charge in [0.1, 0.15) is 0 Å². The second kappa shape index (κ2) is 7.58. The lowest BCUT2D eigenvalue weighted by Crippen LogP contribution is -2.21. The molecule has 0 unspecified atom stereocenters. The first-order valence-corrected chi connectivity index (χ1v) is 8.20. The lowest BCUT2D eigenvalue weighted by atomic mass is 10.3. The molecule has 2 heterocycles. The van der Waals surface area contributed by atoms with E-state index < -0.39 is 11.4 Å². The lowest BCUT2D eigenvalue weighted by molar-refractivity contribution is -0.113. The molecule has 1 aromatic carbocycles. The Balaban J connectivity index is 1.80. The van der Waals surface area contributed by atoms with Crippen LogP contribution in [0.2, 0.25) is 0 Å². The number of carbonyl (C=O) groups is 1. The van der Waals surface area contributed by atoms with Crippen LogP contribution in [0, 0.1) is 0 Å². The third-order valence-electron chi connectivity index (χ3n) is 3.04. The van der Waals surface area contributed by atoms with Gasteiger partial charge in [0, 0.05) is 12.4 Å². The number of hydrogen-bond donors (Lipinski definition) is 2. The Labute approximate surface area is 146 Å². The summed E-state index contributed by atoms with van der Waals surface area (Å²) in [6.07, 6.45) is 3.03. The summed E-state index contributed by atoms with van der Waals surface area (Å²) < 4.78 is 1.33. The number of aromatic nitrogens is 4. The van der Waals surface area contributed by atoms with E-state index in [1.165, 1.54) is 17.0 Å². The molecule has 9 heteroatoms. The Kier molecular flexibility index (Phi) is 5.05. The predicted octanol–water partition coefficient (Wildman–Crippen LogP) is 1.46. The minimum atomic E-state index is -0.437. The number of para-hydroxylation sites is 1. The van der Waals surface area contributed by atoms with Gasteiger partial charge in [-0.1, -0.05) is 30.0 Å². The van der Waals surface area contributed by atoms with Gasteiger partial charge < -0.3 is 5.11 Å². The highest BCUT2D eigenvalue weighted by Gasteiger charge is 2.13. The summed E-state index contributed by atoms with van der Waals surface area (Å²) in [4.78, 5) is 36.0. The van der Waals surface area contributed by atoms with Crippen LogP contribution in [0.25, 0.3) is 5.69 Å². The zero-order valence-corrected chi connectivity index (χ0v) is 13.7. The van der Waals surface area contributed by atoms with Gasteiger partial charge >= 0.3 is 0 Å². The van der Waals surface area contributed by atoms with Crippen molar-refractivity contribution in [3.63, 3.8) is 0 Å². The van der Waals surface area contributed by atoms with E-state index in [1.54, 1.807) is 30.3 Å². The van der Waals surface area contributed by atoms with Crippen molar-refractivity contribution in [1.29, 1.82) is 0 Å². The predicted molar refractivity (Wildman–Crippen MR) is 92.9 cm³/mol. The fraction of sp³-hybridized carbons (Fsp3) is 0.0625. The second-order valence-corrected chi connectivity index (χ2v) is 5.76. The molecule has 8 nitrogen and oxygen atoms in total. The quantitative estimate of drug-likeness (QED) is 0.526. The first kappa shape index (κ1) is 16.7. The molecule has 0 fully saturated rings. The number of carbonyl (C=O) groups excluding carboxylic acids is 1. The average molecular weight is 355 g/mol. The van der Waals surface area contributed by atoms with Crippen molar-refractivity contribution in [3.05, 3.63) is 65.2 Å². The van der Waals surface area contributed by atoms with Crippen LogP contribution < -0.4 is 10.9 Å². The highest BCUT2D eigenvalue weighted by atomic mass is 32.2. The number of anilines is 1. The highest BCUT2D eigenvalue weighted by Crippen LogP contribution is 2.20. The van der Waals surface area contributed by atoms with Gasteiger partial charge in [-0.15, -0.1) is 0 Å². The molecule has 126 valence electrons. The van der Waals surface area contributed by atoms with Crippen LogP contribution in [0.15, 0.2) is 64.8 Å². The normalized spacial score (nSPS) is 10.4. The van der Waals surface area contributed by atoms with Crippen LogP contribution >= 0.6 is 11.8 Å². The SMILES string of the molecule is O=C(CSc1nc(O)cc(=O)n1-c1ccccc1)Nc1ncccn1. The minimum Gasteiger partial charge on any atom is -0.493 e. The van der Waals surface area contributed by atoms with E-state index in [9.17, 15) is 14.7 Å². The molecule has 0 aliphatic rings. The lowest BCUT2D eigenvalue weighted by Gasteiger charge is -2.11. The fourth-order valence-corrected chi connectivity index (χ4v) is 2.83. The summed E-state index contributed by atoms with van der Waals surface area (Å²) in [5, 5.41) is 12.4. The number of nitrogens with one attached hydrogen (secondary N) is 1. The van der Waals surface area contributed by atoms with Crippen LogP contribution in [-0.2, 0) is 4.79 Å². The summed E-state index contributed by atoms with van der Waals surface area (Å²) >= 11 is 1.02. The maximum absolute atomic E-state index is 12.2. The van der Waals surface area contributed by atoms with E-state index in [0.717, 1.165) is 17.8 Å². The smallest absolute Gasteiger partial charge is 0.262 e. The topological polar surface area (TPSA) is 110 Å². The number of rotatable bonds is 5. The molecule has 2 N–H and O–H groups in total. The van der Waals surface area contributed by atoms with Crippen LogP contribution in [0.3, 0.4) is 0 Å². The fourth-order valence-electron chi connectivity index (χ4n) is 2.02. The first-order chi connectivity index (χ1) is 12.1. The molecule has 25 heavy (non-hydrogen) atoms.